The summed E-state index contributed by atoms with van der Waals surface area (Å²) in [7, 11) is 3.15. The predicted molar refractivity (Wildman–Crippen MR) is 73.2 cm³/mol. The Labute approximate surface area is 116 Å². The van der Waals surface area contributed by atoms with Crippen molar-refractivity contribution in [1.82, 2.24) is 4.90 Å². The molecule has 0 fully saturated rings. The first-order valence-corrected chi connectivity index (χ1v) is 5.90. The molecule has 0 saturated carbocycles. The van der Waals surface area contributed by atoms with E-state index in [-0.39, 0.29) is 11.5 Å². The fraction of sp³-hybridized carbons (Fsp3) is 0.308. The van der Waals surface area contributed by atoms with Crippen LogP contribution in [0.2, 0.25) is 0 Å². The number of urea groups is 1. The third-order valence-electron chi connectivity index (χ3n) is 2.44. The van der Waals surface area contributed by atoms with Crippen molar-refractivity contribution in [2.24, 2.45) is 5.73 Å². The van der Waals surface area contributed by atoms with Gasteiger partial charge in [0.15, 0.2) is 6.10 Å². The zero-order chi connectivity index (χ0) is 15.3. The standard InChI is InChI=1S/C13H17N3O4/c1-8(11(17)16(2)3)20-12(18)9-5-4-6-10(7-9)15-13(14)19/h4-8H,1-3H3,(H3,14,15,19)/t8-/m1/s1. The smallest absolute Gasteiger partial charge is 0.338 e. The van der Waals surface area contributed by atoms with Crippen molar-refractivity contribution in [2.45, 2.75) is 13.0 Å². The summed E-state index contributed by atoms with van der Waals surface area (Å²) in [6, 6.07) is 5.35. The average Bonchev–Trinajstić information content (AvgIpc) is 2.37. The molecule has 0 bridgehead atoms. The molecule has 20 heavy (non-hydrogen) atoms. The van der Waals surface area contributed by atoms with Crippen molar-refractivity contribution in [3.05, 3.63) is 29.8 Å². The lowest BCUT2D eigenvalue weighted by atomic mass is 10.2. The highest BCUT2D eigenvalue weighted by Gasteiger charge is 2.20. The largest absolute Gasteiger partial charge is 0.449 e. The van der Waals surface area contributed by atoms with E-state index < -0.39 is 18.1 Å². The number of esters is 1. The van der Waals surface area contributed by atoms with Crippen LogP contribution in [0.25, 0.3) is 0 Å². The van der Waals surface area contributed by atoms with Crippen LogP contribution in [-0.4, -0.2) is 43.0 Å². The van der Waals surface area contributed by atoms with Gasteiger partial charge in [-0.2, -0.15) is 0 Å². The maximum Gasteiger partial charge on any atom is 0.338 e. The number of likely N-dealkylation sites (N-methyl/N-ethyl adjacent to an activating group) is 1. The van der Waals surface area contributed by atoms with Gasteiger partial charge in [-0.1, -0.05) is 6.07 Å². The van der Waals surface area contributed by atoms with Gasteiger partial charge in [-0.25, -0.2) is 9.59 Å². The van der Waals surface area contributed by atoms with Crippen molar-refractivity contribution in [3.63, 3.8) is 0 Å². The first-order valence-electron chi connectivity index (χ1n) is 5.90. The lowest BCUT2D eigenvalue weighted by molar-refractivity contribution is -0.137. The van der Waals surface area contributed by atoms with Gasteiger partial charge < -0.3 is 20.7 Å². The molecule has 7 heteroatoms. The second-order valence-electron chi connectivity index (χ2n) is 4.35. The molecule has 0 aliphatic carbocycles. The minimum atomic E-state index is -0.884. The van der Waals surface area contributed by atoms with Crippen LogP contribution in [0.3, 0.4) is 0 Å². The molecule has 3 N–H and O–H groups in total. The minimum absolute atomic E-state index is 0.217. The number of primary amides is 1. The normalized spacial score (nSPS) is 11.3. The zero-order valence-electron chi connectivity index (χ0n) is 11.5. The van der Waals surface area contributed by atoms with Gasteiger partial charge in [0.2, 0.25) is 0 Å². The predicted octanol–water partition coefficient (Wildman–Crippen LogP) is 0.811. The molecular weight excluding hydrogens is 262 g/mol. The van der Waals surface area contributed by atoms with Crippen LogP contribution < -0.4 is 11.1 Å². The Morgan fingerprint density at radius 2 is 1.95 bits per heavy atom. The van der Waals surface area contributed by atoms with Crippen LogP contribution in [0.5, 0.6) is 0 Å². The molecular formula is C13H17N3O4. The number of benzene rings is 1. The topological polar surface area (TPSA) is 102 Å². The van der Waals surface area contributed by atoms with E-state index in [1.54, 1.807) is 26.2 Å². The van der Waals surface area contributed by atoms with E-state index in [2.05, 4.69) is 5.32 Å². The second kappa shape index (κ2) is 6.55. The number of nitrogens with one attached hydrogen (secondary N) is 1. The number of carbonyl (C=O) groups is 3. The van der Waals surface area contributed by atoms with Crippen molar-refractivity contribution in [1.29, 1.82) is 0 Å². The Morgan fingerprint density at radius 1 is 1.30 bits per heavy atom. The summed E-state index contributed by atoms with van der Waals surface area (Å²) in [4.78, 5) is 35.6. The van der Waals surface area contributed by atoms with Crippen LogP contribution in [0.15, 0.2) is 24.3 Å². The van der Waals surface area contributed by atoms with E-state index >= 15 is 0 Å². The molecule has 108 valence electrons. The number of anilines is 1. The van der Waals surface area contributed by atoms with E-state index in [4.69, 9.17) is 10.5 Å². The molecule has 0 aliphatic rings. The Balaban J connectivity index is 2.77. The van der Waals surface area contributed by atoms with E-state index in [0.717, 1.165) is 0 Å². The van der Waals surface area contributed by atoms with Gasteiger partial charge in [0.25, 0.3) is 5.91 Å². The monoisotopic (exact) mass is 279 g/mol. The van der Waals surface area contributed by atoms with Gasteiger partial charge in [-0.3, -0.25) is 4.79 Å². The van der Waals surface area contributed by atoms with E-state index in [0.29, 0.717) is 5.69 Å². The van der Waals surface area contributed by atoms with Crippen LogP contribution in [-0.2, 0) is 9.53 Å². The van der Waals surface area contributed by atoms with Gasteiger partial charge in [-0.05, 0) is 25.1 Å². The fourth-order valence-electron chi connectivity index (χ4n) is 1.51. The molecule has 0 heterocycles. The Morgan fingerprint density at radius 3 is 2.50 bits per heavy atom. The van der Waals surface area contributed by atoms with Gasteiger partial charge in [-0.15, -0.1) is 0 Å². The van der Waals surface area contributed by atoms with Crippen LogP contribution in [0, 0.1) is 0 Å². The quantitative estimate of drug-likeness (QED) is 0.796. The molecule has 0 aliphatic heterocycles. The molecule has 1 aromatic carbocycles. The molecule has 3 amide bonds. The molecule has 1 aromatic rings. The molecule has 0 saturated heterocycles. The Kier molecular flexibility index (Phi) is 5.08. The summed E-state index contributed by atoms with van der Waals surface area (Å²) in [6.07, 6.45) is -0.884. The highest BCUT2D eigenvalue weighted by molar-refractivity contribution is 5.94. The first kappa shape index (κ1) is 15.5. The number of hydrogen-bond donors (Lipinski definition) is 2. The van der Waals surface area contributed by atoms with Gasteiger partial charge in [0.1, 0.15) is 0 Å². The summed E-state index contributed by atoms with van der Waals surface area (Å²) in [5.74, 6) is -0.967. The number of nitrogens with zero attached hydrogens (tertiary/aromatic N) is 1. The molecule has 0 unspecified atom stereocenters. The van der Waals surface area contributed by atoms with Crippen LogP contribution in [0.4, 0.5) is 10.5 Å². The number of carbonyl (C=O) groups excluding carboxylic acids is 3. The van der Waals surface area contributed by atoms with E-state index in [1.165, 1.54) is 24.0 Å². The Hall–Kier alpha value is -2.57. The summed E-state index contributed by atoms with van der Waals surface area (Å²) < 4.78 is 5.05. The highest BCUT2D eigenvalue weighted by atomic mass is 16.5. The number of nitrogens with two attached hydrogens (primary N) is 1. The maximum absolute atomic E-state index is 11.9. The Bertz CT molecular complexity index is 528. The summed E-state index contributed by atoms with van der Waals surface area (Å²) in [5.41, 5.74) is 5.58. The van der Waals surface area contributed by atoms with Gasteiger partial charge in [0, 0.05) is 19.8 Å². The molecule has 0 aromatic heterocycles. The van der Waals surface area contributed by atoms with Gasteiger partial charge >= 0.3 is 12.0 Å². The molecule has 1 atom stereocenters. The molecule has 0 spiro atoms. The second-order valence-corrected chi connectivity index (χ2v) is 4.35. The van der Waals surface area contributed by atoms with Gasteiger partial charge in [0.05, 0.1) is 5.56 Å². The number of hydrogen-bond acceptors (Lipinski definition) is 4. The molecule has 1 rings (SSSR count). The summed E-state index contributed by atoms with van der Waals surface area (Å²) >= 11 is 0. The third-order valence-corrected chi connectivity index (χ3v) is 2.44. The number of ether oxygens (including phenoxy) is 1. The van der Waals surface area contributed by atoms with Crippen molar-refractivity contribution >= 4 is 23.6 Å². The highest BCUT2D eigenvalue weighted by Crippen LogP contribution is 2.12. The fourth-order valence-corrected chi connectivity index (χ4v) is 1.51. The maximum atomic E-state index is 11.9. The first-order chi connectivity index (χ1) is 9.31. The number of rotatable bonds is 4. The van der Waals surface area contributed by atoms with Crippen LogP contribution in [0.1, 0.15) is 17.3 Å². The lowest BCUT2D eigenvalue weighted by Gasteiger charge is -2.17. The van der Waals surface area contributed by atoms with Crippen molar-refractivity contribution < 1.29 is 19.1 Å². The summed E-state index contributed by atoms with van der Waals surface area (Å²) in [5, 5.41) is 2.35. The number of amides is 3. The molecule has 7 nitrogen and oxygen atoms in total. The lowest BCUT2D eigenvalue weighted by Crippen LogP contribution is -2.34. The van der Waals surface area contributed by atoms with Crippen molar-refractivity contribution in [3.8, 4) is 0 Å². The average molecular weight is 279 g/mol. The minimum Gasteiger partial charge on any atom is -0.449 e. The van der Waals surface area contributed by atoms with Crippen LogP contribution >= 0.6 is 0 Å². The zero-order valence-corrected chi connectivity index (χ0v) is 11.5. The van der Waals surface area contributed by atoms with E-state index in [9.17, 15) is 14.4 Å². The van der Waals surface area contributed by atoms with E-state index in [1.807, 2.05) is 0 Å². The molecule has 0 radical (unpaired) electrons. The summed E-state index contributed by atoms with van der Waals surface area (Å²) in [6.45, 7) is 1.49. The van der Waals surface area contributed by atoms with Crippen molar-refractivity contribution in [2.75, 3.05) is 19.4 Å². The SMILES string of the molecule is C[C@@H](OC(=O)c1cccc(NC(N)=O)c1)C(=O)N(C)C. The third kappa shape index (κ3) is 4.27.